The third-order valence-corrected chi connectivity index (χ3v) is 4.80. The van der Waals surface area contributed by atoms with Gasteiger partial charge >= 0.3 is 0 Å². The zero-order valence-electron chi connectivity index (χ0n) is 13.0. The summed E-state index contributed by atoms with van der Waals surface area (Å²) in [4.78, 5) is 37.2. The van der Waals surface area contributed by atoms with Crippen LogP contribution >= 0.6 is 11.8 Å². The van der Waals surface area contributed by atoms with Crippen molar-refractivity contribution in [2.45, 2.75) is 37.7 Å². The molecule has 22 heavy (non-hydrogen) atoms. The summed E-state index contributed by atoms with van der Waals surface area (Å²) in [5.74, 6) is -0.966. The number of rotatable bonds is 4. The molecule has 1 aromatic carbocycles. The molecule has 1 aliphatic heterocycles. The monoisotopic (exact) mass is 320 g/mol. The zero-order valence-corrected chi connectivity index (χ0v) is 13.8. The van der Waals surface area contributed by atoms with Gasteiger partial charge in [0.15, 0.2) is 0 Å². The quantitative estimate of drug-likeness (QED) is 0.863. The molecule has 1 N–H and O–H groups in total. The second-order valence-electron chi connectivity index (χ2n) is 5.28. The fraction of sp³-hybridized carbons (Fsp3) is 0.438. The first kappa shape index (κ1) is 16.5. The lowest BCUT2D eigenvalue weighted by molar-refractivity contribution is -0.147. The molecule has 1 aliphatic rings. The highest BCUT2D eigenvalue weighted by Crippen LogP contribution is 2.26. The molecule has 1 aromatic rings. The highest BCUT2D eigenvalue weighted by atomic mass is 32.2. The van der Waals surface area contributed by atoms with Gasteiger partial charge in [-0.05, 0) is 38.0 Å². The Balaban J connectivity index is 2.00. The van der Waals surface area contributed by atoms with Crippen molar-refractivity contribution in [2.24, 2.45) is 0 Å². The number of anilines is 1. The molecule has 1 fully saturated rings. The molecule has 0 radical (unpaired) electrons. The number of amides is 3. The van der Waals surface area contributed by atoms with E-state index in [0.29, 0.717) is 5.69 Å². The van der Waals surface area contributed by atoms with Gasteiger partial charge in [0.1, 0.15) is 6.54 Å². The van der Waals surface area contributed by atoms with Gasteiger partial charge in [-0.15, -0.1) is 11.8 Å². The lowest BCUT2D eigenvalue weighted by Gasteiger charge is -2.31. The summed E-state index contributed by atoms with van der Waals surface area (Å²) in [5, 5.41) is 2.12. The molecule has 2 atom stereocenters. The normalized spacial score (nSPS) is 21.9. The zero-order chi connectivity index (χ0) is 16.3. The molecular formula is C16H20N2O3S. The minimum Gasteiger partial charge on any atom is -0.325 e. The van der Waals surface area contributed by atoms with Crippen LogP contribution in [0.15, 0.2) is 24.3 Å². The van der Waals surface area contributed by atoms with E-state index in [0.717, 1.165) is 11.3 Å². The molecule has 5 nitrogen and oxygen atoms in total. The summed E-state index contributed by atoms with van der Waals surface area (Å²) >= 11 is 1.32. The van der Waals surface area contributed by atoms with Gasteiger partial charge in [-0.3, -0.25) is 19.3 Å². The number of carbonyl (C=O) groups is 3. The van der Waals surface area contributed by atoms with Crippen molar-refractivity contribution in [3.05, 3.63) is 29.8 Å². The summed E-state index contributed by atoms with van der Waals surface area (Å²) in [6, 6.07) is 7.51. The largest absolute Gasteiger partial charge is 0.325 e. The molecule has 0 aliphatic carbocycles. The number of carbonyl (C=O) groups excluding carboxylic acids is 3. The van der Waals surface area contributed by atoms with Crippen molar-refractivity contribution in [3.8, 4) is 0 Å². The maximum atomic E-state index is 12.1. The van der Waals surface area contributed by atoms with Crippen LogP contribution < -0.4 is 5.32 Å². The van der Waals surface area contributed by atoms with Crippen LogP contribution in [0.4, 0.5) is 5.69 Å². The Kier molecular flexibility index (Phi) is 5.24. The van der Waals surface area contributed by atoms with E-state index in [1.165, 1.54) is 17.3 Å². The van der Waals surface area contributed by atoms with Crippen LogP contribution in [-0.4, -0.2) is 39.7 Å². The Morgan fingerprint density at radius 2 is 1.68 bits per heavy atom. The lowest BCUT2D eigenvalue weighted by Crippen LogP contribution is -2.52. The van der Waals surface area contributed by atoms with E-state index in [-0.39, 0.29) is 34.8 Å². The highest BCUT2D eigenvalue weighted by molar-refractivity contribution is 8.02. The standard InChI is InChI=1S/C16H20N2O3S/c1-4-12-5-7-13(8-6-12)17-14(19)9-18-15(20)10(2)22-11(3)16(18)21/h5-8,10-11H,4,9H2,1-3H3,(H,17,19)/t10-,11-/m0/s1. The third kappa shape index (κ3) is 3.68. The van der Waals surface area contributed by atoms with Gasteiger partial charge in [0.25, 0.3) is 0 Å². The van der Waals surface area contributed by atoms with E-state index >= 15 is 0 Å². The van der Waals surface area contributed by atoms with Crippen LogP contribution in [0.5, 0.6) is 0 Å². The predicted octanol–water partition coefficient (Wildman–Crippen LogP) is 2.07. The van der Waals surface area contributed by atoms with Crippen LogP contribution in [0.25, 0.3) is 0 Å². The van der Waals surface area contributed by atoms with E-state index in [1.807, 2.05) is 24.3 Å². The van der Waals surface area contributed by atoms with Crippen molar-refractivity contribution < 1.29 is 14.4 Å². The first-order chi connectivity index (χ1) is 10.4. The van der Waals surface area contributed by atoms with Crippen LogP contribution in [0.3, 0.4) is 0 Å². The summed E-state index contributed by atoms with van der Waals surface area (Å²) in [6.07, 6.45) is 0.929. The molecule has 6 heteroatoms. The Hall–Kier alpha value is -1.82. The smallest absolute Gasteiger partial charge is 0.244 e. The van der Waals surface area contributed by atoms with Crippen molar-refractivity contribution >= 4 is 35.2 Å². The van der Waals surface area contributed by atoms with Gasteiger partial charge in [0.2, 0.25) is 17.7 Å². The van der Waals surface area contributed by atoms with Gasteiger partial charge in [0, 0.05) is 5.69 Å². The second-order valence-corrected chi connectivity index (χ2v) is 6.97. The molecule has 0 saturated carbocycles. The number of aryl methyl sites for hydroxylation is 1. The maximum Gasteiger partial charge on any atom is 0.244 e. The lowest BCUT2D eigenvalue weighted by atomic mass is 10.1. The number of nitrogens with one attached hydrogen (secondary N) is 1. The van der Waals surface area contributed by atoms with Crippen molar-refractivity contribution in [1.82, 2.24) is 4.90 Å². The van der Waals surface area contributed by atoms with Gasteiger partial charge in [-0.25, -0.2) is 0 Å². The van der Waals surface area contributed by atoms with Gasteiger partial charge in [0.05, 0.1) is 10.5 Å². The first-order valence-electron chi connectivity index (χ1n) is 7.31. The molecule has 1 heterocycles. The topological polar surface area (TPSA) is 66.5 Å². The minimum absolute atomic E-state index is 0.234. The van der Waals surface area contributed by atoms with Gasteiger partial charge < -0.3 is 5.32 Å². The van der Waals surface area contributed by atoms with Gasteiger partial charge in [-0.1, -0.05) is 19.1 Å². The summed E-state index contributed by atoms with van der Waals surface area (Å²) in [6.45, 7) is 5.33. The number of nitrogens with zero attached hydrogens (tertiary/aromatic N) is 1. The second kappa shape index (κ2) is 6.96. The number of thioether (sulfide) groups is 1. The molecule has 1 saturated heterocycles. The summed E-state index contributed by atoms with van der Waals surface area (Å²) in [7, 11) is 0. The predicted molar refractivity (Wildman–Crippen MR) is 87.7 cm³/mol. The number of hydrogen-bond donors (Lipinski definition) is 1. The fourth-order valence-electron chi connectivity index (χ4n) is 2.29. The van der Waals surface area contributed by atoms with E-state index < -0.39 is 0 Å². The summed E-state index contributed by atoms with van der Waals surface area (Å²) in [5.41, 5.74) is 1.84. The number of hydrogen-bond acceptors (Lipinski definition) is 4. The molecule has 0 aromatic heterocycles. The number of imide groups is 1. The van der Waals surface area contributed by atoms with Crippen LogP contribution in [0.1, 0.15) is 26.3 Å². The Bertz CT molecular complexity index is 566. The molecule has 0 bridgehead atoms. The van der Waals surface area contributed by atoms with Crippen LogP contribution in [0, 0.1) is 0 Å². The van der Waals surface area contributed by atoms with Crippen LogP contribution in [-0.2, 0) is 20.8 Å². The van der Waals surface area contributed by atoms with E-state index in [9.17, 15) is 14.4 Å². The van der Waals surface area contributed by atoms with Gasteiger partial charge in [-0.2, -0.15) is 0 Å². The Labute approximate surface area is 134 Å². The van der Waals surface area contributed by atoms with E-state index in [1.54, 1.807) is 13.8 Å². The average molecular weight is 320 g/mol. The maximum absolute atomic E-state index is 12.1. The molecule has 118 valence electrons. The number of benzene rings is 1. The Morgan fingerprint density at radius 1 is 1.14 bits per heavy atom. The van der Waals surface area contributed by atoms with Crippen molar-refractivity contribution in [2.75, 3.05) is 11.9 Å². The molecule has 0 spiro atoms. The molecule has 3 amide bonds. The van der Waals surface area contributed by atoms with E-state index in [4.69, 9.17) is 0 Å². The van der Waals surface area contributed by atoms with Crippen molar-refractivity contribution in [1.29, 1.82) is 0 Å². The Morgan fingerprint density at radius 3 is 2.18 bits per heavy atom. The molecule has 0 unspecified atom stereocenters. The molecule has 2 rings (SSSR count). The average Bonchev–Trinajstić information content (AvgIpc) is 2.50. The first-order valence-corrected chi connectivity index (χ1v) is 8.26. The molecular weight excluding hydrogens is 300 g/mol. The third-order valence-electron chi connectivity index (χ3n) is 3.58. The van der Waals surface area contributed by atoms with E-state index in [2.05, 4.69) is 12.2 Å². The SMILES string of the molecule is CCc1ccc(NC(=O)CN2C(=O)[C@H](C)S[C@@H](C)C2=O)cc1. The van der Waals surface area contributed by atoms with Crippen LogP contribution in [0.2, 0.25) is 0 Å². The minimum atomic E-state index is -0.364. The fourth-order valence-corrected chi connectivity index (χ4v) is 3.39. The van der Waals surface area contributed by atoms with Crippen molar-refractivity contribution in [3.63, 3.8) is 0 Å². The summed E-state index contributed by atoms with van der Waals surface area (Å²) < 4.78 is 0. The highest BCUT2D eigenvalue weighted by Gasteiger charge is 2.37.